The number of hydrogen-bond donors (Lipinski definition) is 1. The van der Waals surface area contributed by atoms with Gasteiger partial charge in [-0.3, -0.25) is 4.55 Å². The van der Waals surface area contributed by atoms with Crippen LogP contribution in [0.3, 0.4) is 0 Å². The van der Waals surface area contributed by atoms with Crippen LogP contribution in [0.15, 0.2) is 24.3 Å². The molecule has 0 aliphatic heterocycles. The fourth-order valence-electron chi connectivity index (χ4n) is 2.68. The lowest BCUT2D eigenvalue weighted by atomic mass is 10.0. The van der Waals surface area contributed by atoms with Gasteiger partial charge in [-0.1, -0.05) is 70.9 Å². The Morgan fingerprint density at radius 1 is 0.917 bits per heavy atom. The summed E-state index contributed by atoms with van der Waals surface area (Å²) in [6.45, 7) is 4.08. The molecule has 24 heavy (non-hydrogen) atoms. The van der Waals surface area contributed by atoms with Gasteiger partial charge in [0.1, 0.15) is 5.75 Å². The van der Waals surface area contributed by atoms with Crippen LogP contribution in [0, 0.1) is 0 Å². The predicted molar refractivity (Wildman–Crippen MR) is 99.0 cm³/mol. The second-order valence-corrected chi connectivity index (χ2v) is 7.92. The van der Waals surface area contributed by atoms with Crippen molar-refractivity contribution in [3.63, 3.8) is 0 Å². The van der Waals surface area contributed by atoms with Crippen LogP contribution >= 0.6 is 0 Å². The molecule has 0 heterocycles. The molecule has 0 aromatic heterocycles. The highest BCUT2D eigenvalue weighted by molar-refractivity contribution is 7.86. The number of rotatable bonds is 13. The van der Waals surface area contributed by atoms with Crippen LogP contribution in [0.4, 0.5) is 0 Å². The molecule has 138 valence electrons. The Balaban J connectivity index is 2.37. The lowest BCUT2D eigenvalue weighted by Gasteiger charge is -2.15. The van der Waals surface area contributed by atoms with E-state index in [1.807, 2.05) is 19.1 Å². The third kappa shape index (κ3) is 8.69. The first-order chi connectivity index (χ1) is 11.5. The first-order valence-electron chi connectivity index (χ1n) is 9.19. The average Bonchev–Trinajstić information content (AvgIpc) is 2.54. The van der Waals surface area contributed by atoms with Crippen molar-refractivity contribution < 1.29 is 17.7 Å². The minimum atomic E-state index is -4.18. The molecule has 0 spiro atoms. The van der Waals surface area contributed by atoms with E-state index < -0.39 is 15.6 Å². The zero-order valence-electron chi connectivity index (χ0n) is 15.0. The summed E-state index contributed by atoms with van der Waals surface area (Å²) in [6.07, 6.45) is 11.0. The normalized spacial score (nSPS) is 13.0. The first kappa shape index (κ1) is 21.0. The van der Waals surface area contributed by atoms with Gasteiger partial charge in [0.2, 0.25) is 5.44 Å². The maximum absolute atomic E-state index is 11.3. The second kappa shape index (κ2) is 11.5. The zero-order chi connectivity index (χ0) is 17.8. The minimum Gasteiger partial charge on any atom is -0.472 e. The highest BCUT2D eigenvalue weighted by atomic mass is 32.2. The average molecular weight is 357 g/mol. The molecule has 0 radical (unpaired) electrons. The molecule has 1 rings (SSSR count). The van der Waals surface area contributed by atoms with E-state index in [9.17, 15) is 13.0 Å². The summed E-state index contributed by atoms with van der Waals surface area (Å²) >= 11 is 0. The van der Waals surface area contributed by atoms with Crippen molar-refractivity contribution in [2.45, 2.75) is 83.5 Å². The SMILES string of the molecule is CCCCCCCCCc1ccc(OC(CCC)S(=O)(=O)O)cc1. The molecule has 5 heteroatoms. The summed E-state index contributed by atoms with van der Waals surface area (Å²) in [5.74, 6) is 0.481. The summed E-state index contributed by atoms with van der Waals surface area (Å²) in [4.78, 5) is 0. The Morgan fingerprint density at radius 3 is 2.04 bits per heavy atom. The van der Waals surface area contributed by atoms with E-state index >= 15 is 0 Å². The zero-order valence-corrected chi connectivity index (χ0v) is 15.9. The van der Waals surface area contributed by atoms with Crippen LogP contribution in [0.2, 0.25) is 0 Å². The molecule has 0 fully saturated rings. The number of unbranched alkanes of at least 4 members (excludes halogenated alkanes) is 6. The Labute approximate surface area is 147 Å². The van der Waals surface area contributed by atoms with Crippen LogP contribution in [0.25, 0.3) is 0 Å². The monoisotopic (exact) mass is 356 g/mol. The van der Waals surface area contributed by atoms with Crippen molar-refractivity contribution in [1.82, 2.24) is 0 Å². The fourth-order valence-corrected chi connectivity index (χ4v) is 3.44. The highest BCUT2D eigenvalue weighted by Gasteiger charge is 2.23. The third-order valence-electron chi connectivity index (χ3n) is 4.12. The lowest BCUT2D eigenvalue weighted by molar-refractivity contribution is 0.245. The summed E-state index contributed by atoms with van der Waals surface area (Å²) in [7, 11) is -4.18. The lowest BCUT2D eigenvalue weighted by Crippen LogP contribution is -2.26. The van der Waals surface area contributed by atoms with Gasteiger partial charge < -0.3 is 4.74 Å². The molecule has 0 aliphatic carbocycles. The molecular formula is C19H32O4S. The highest BCUT2D eigenvalue weighted by Crippen LogP contribution is 2.19. The van der Waals surface area contributed by atoms with Crippen molar-refractivity contribution in [2.24, 2.45) is 0 Å². The number of aryl methyl sites for hydroxylation is 1. The van der Waals surface area contributed by atoms with Crippen molar-refractivity contribution in [3.05, 3.63) is 29.8 Å². The molecule has 1 aromatic carbocycles. The van der Waals surface area contributed by atoms with E-state index in [0.717, 1.165) is 6.42 Å². The Morgan fingerprint density at radius 2 is 1.50 bits per heavy atom. The van der Waals surface area contributed by atoms with Gasteiger partial charge in [0, 0.05) is 6.42 Å². The molecule has 0 aliphatic rings. The van der Waals surface area contributed by atoms with Crippen LogP contribution in [0.5, 0.6) is 5.75 Å². The molecule has 0 saturated heterocycles. The standard InChI is InChI=1S/C19H32O4S/c1-3-5-6-7-8-9-10-12-17-13-15-18(16-14-17)23-19(11-4-2)24(20,21)22/h13-16,19H,3-12H2,1-2H3,(H,20,21,22). The third-order valence-corrected chi connectivity index (χ3v) is 5.11. The number of benzene rings is 1. The van der Waals surface area contributed by atoms with Gasteiger partial charge >= 0.3 is 10.1 Å². The smallest absolute Gasteiger partial charge is 0.303 e. The minimum absolute atomic E-state index is 0.276. The summed E-state index contributed by atoms with van der Waals surface area (Å²) < 4.78 is 37.2. The van der Waals surface area contributed by atoms with Crippen LogP contribution in [-0.4, -0.2) is 18.4 Å². The quantitative estimate of drug-likeness (QED) is 0.381. The van der Waals surface area contributed by atoms with Crippen molar-refractivity contribution in [1.29, 1.82) is 0 Å². The molecule has 1 aromatic rings. The van der Waals surface area contributed by atoms with Gasteiger partial charge in [0.25, 0.3) is 0 Å². The number of ether oxygens (including phenoxy) is 1. The summed E-state index contributed by atoms with van der Waals surface area (Å²) in [5.41, 5.74) is 0.0475. The van der Waals surface area contributed by atoms with Gasteiger partial charge in [-0.2, -0.15) is 8.42 Å². The molecule has 1 atom stereocenters. The van der Waals surface area contributed by atoms with Gasteiger partial charge in [0.05, 0.1) is 0 Å². The Bertz CT molecular complexity index is 537. The van der Waals surface area contributed by atoms with Crippen LogP contribution in [-0.2, 0) is 16.5 Å². The predicted octanol–water partition coefficient (Wildman–Crippen LogP) is 5.37. The molecule has 0 bridgehead atoms. The van der Waals surface area contributed by atoms with Gasteiger partial charge in [-0.05, 0) is 30.5 Å². The van der Waals surface area contributed by atoms with Gasteiger partial charge in [-0.25, -0.2) is 0 Å². The van der Waals surface area contributed by atoms with Gasteiger partial charge in [-0.15, -0.1) is 0 Å². The first-order valence-corrected chi connectivity index (χ1v) is 10.7. The summed E-state index contributed by atoms with van der Waals surface area (Å²) in [6, 6.07) is 7.51. The van der Waals surface area contributed by atoms with E-state index in [2.05, 4.69) is 6.92 Å². The van der Waals surface area contributed by atoms with E-state index in [-0.39, 0.29) is 6.42 Å². The van der Waals surface area contributed by atoms with Crippen molar-refractivity contribution >= 4 is 10.1 Å². The molecular weight excluding hydrogens is 324 g/mol. The maximum atomic E-state index is 11.3. The molecule has 1 unspecified atom stereocenters. The van der Waals surface area contributed by atoms with Crippen molar-refractivity contribution in [2.75, 3.05) is 0 Å². The molecule has 0 saturated carbocycles. The summed E-state index contributed by atoms with van der Waals surface area (Å²) in [5, 5.41) is 0. The largest absolute Gasteiger partial charge is 0.472 e. The molecule has 1 N–H and O–H groups in total. The van der Waals surface area contributed by atoms with E-state index in [1.54, 1.807) is 12.1 Å². The van der Waals surface area contributed by atoms with Crippen molar-refractivity contribution in [3.8, 4) is 5.75 Å². The van der Waals surface area contributed by atoms with E-state index in [1.165, 1.54) is 50.5 Å². The topological polar surface area (TPSA) is 63.6 Å². The van der Waals surface area contributed by atoms with Crippen LogP contribution < -0.4 is 4.74 Å². The van der Waals surface area contributed by atoms with E-state index in [4.69, 9.17) is 4.74 Å². The molecule has 4 nitrogen and oxygen atoms in total. The van der Waals surface area contributed by atoms with E-state index in [0.29, 0.717) is 12.2 Å². The van der Waals surface area contributed by atoms with Gasteiger partial charge in [0.15, 0.2) is 0 Å². The van der Waals surface area contributed by atoms with Crippen LogP contribution in [0.1, 0.15) is 77.2 Å². The molecule has 0 amide bonds. The fraction of sp³-hybridized carbons (Fsp3) is 0.684. The number of hydrogen-bond acceptors (Lipinski definition) is 3. The maximum Gasteiger partial charge on any atom is 0.303 e. The second-order valence-electron chi connectivity index (χ2n) is 6.37. The Hall–Kier alpha value is -1.07. The Kier molecular flexibility index (Phi) is 10.0.